The van der Waals surface area contributed by atoms with Crippen LogP contribution in [-0.2, 0) is 0 Å². The Labute approximate surface area is 167 Å². The summed E-state index contributed by atoms with van der Waals surface area (Å²) in [4.78, 5) is -1.53. The number of hydrogen-bond donors (Lipinski definition) is 3. The van der Waals surface area contributed by atoms with Gasteiger partial charge in [-0.2, -0.15) is 4.81 Å². The molecule has 0 radical (unpaired) electrons. The van der Waals surface area contributed by atoms with Gasteiger partial charge in [-0.05, 0) is 34.0 Å². The number of para-hydroxylation sites is 2. The summed E-state index contributed by atoms with van der Waals surface area (Å²) >= 11 is 0. The molecule has 0 fully saturated rings. The monoisotopic (exact) mass is 388 g/mol. The van der Waals surface area contributed by atoms with Crippen molar-refractivity contribution in [2.45, 2.75) is 0 Å². The first-order valence-electron chi connectivity index (χ1n) is 9.07. The molecular weight excluding hydrogens is 368 g/mol. The third kappa shape index (κ3) is 3.47. The summed E-state index contributed by atoms with van der Waals surface area (Å²) in [5, 5.41) is 43.4. The second kappa shape index (κ2) is 7.29. The van der Waals surface area contributed by atoms with E-state index in [4.69, 9.17) is 0 Å². The summed E-state index contributed by atoms with van der Waals surface area (Å²) in [5.74, 6) is 0. The molecule has 0 bridgehead atoms. The first-order valence-corrected chi connectivity index (χ1v) is 9.07. The van der Waals surface area contributed by atoms with Crippen LogP contribution in [0.4, 0.5) is 11.4 Å². The molecular formula is C23H20N2O4. The van der Waals surface area contributed by atoms with Gasteiger partial charge in [0.1, 0.15) is 12.7 Å². The average molecular weight is 388 g/mol. The standard InChI is InChI=1S/C23H20N2O4/c1-25(28,29)23-13-7-5-11-21(23)19-15-14-18(16-8-2-3-9-17(16)19)20-10-4-6-12-22(20)24(26)27/h2-15,26-28H,1H3. The maximum Gasteiger partial charge on any atom is 0.173 e. The number of nitrogens with zero attached hydrogens (tertiary/aromatic N) is 2. The van der Waals surface area contributed by atoms with E-state index < -0.39 is 4.81 Å². The lowest BCUT2D eigenvalue weighted by Gasteiger charge is -2.30. The highest BCUT2D eigenvalue weighted by molar-refractivity contribution is 6.07. The Morgan fingerprint density at radius 3 is 1.72 bits per heavy atom. The van der Waals surface area contributed by atoms with E-state index in [-0.39, 0.29) is 16.6 Å². The molecule has 0 spiro atoms. The molecule has 1 atom stereocenters. The highest BCUT2D eigenvalue weighted by Gasteiger charge is 2.20. The van der Waals surface area contributed by atoms with Gasteiger partial charge >= 0.3 is 0 Å². The van der Waals surface area contributed by atoms with Crippen molar-refractivity contribution in [2.24, 2.45) is 0 Å². The molecule has 29 heavy (non-hydrogen) atoms. The van der Waals surface area contributed by atoms with Crippen LogP contribution in [0.5, 0.6) is 0 Å². The normalized spacial score (nSPS) is 13.3. The summed E-state index contributed by atoms with van der Waals surface area (Å²) < 4.78 is 0. The van der Waals surface area contributed by atoms with Gasteiger partial charge in [0.15, 0.2) is 5.69 Å². The zero-order valence-electron chi connectivity index (χ0n) is 15.7. The molecule has 0 heterocycles. The molecule has 1 unspecified atom stereocenters. The zero-order chi connectivity index (χ0) is 20.6. The summed E-state index contributed by atoms with van der Waals surface area (Å²) in [6.07, 6.45) is 0. The van der Waals surface area contributed by atoms with Crippen LogP contribution >= 0.6 is 0 Å². The Morgan fingerprint density at radius 1 is 0.655 bits per heavy atom. The molecule has 6 nitrogen and oxygen atoms in total. The molecule has 0 aromatic heterocycles. The van der Waals surface area contributed by atoms with Crippen molar-refractivity contribution < 1.29 is 15.6 Å². The largest absolute Gasteiger partial charge is 0.593 e. The molecule has 0 saturated carbocycles. The zero-order valence-corrected chi connectivity index (χ0v) is 15.7. The predicted octanol–water partition coefficient (Wildman–Crippen LogP) is 5.58. The van der Waals surface area contributed by atoms with E-state index in [1.54, 1.807) is 30.3 Å². The first-order chi connectivity index (χ1) is 13.9. The Hall–Kier alpha value is -3.26. The lowest BCUT2D eigenvalue weighted by Crippen LogP contribution is -2.33. The van der Waals surface area contributed by atoms with Crippen molar-refractivity contribution in [1.82, 2.24) is 4.81 Å². The van der Waals surface area contributed by atoms with Gasteiger partial charge in [-0.3, -0.25) is 10.4 Å². The van der Waals surface area contributed by atoms with Gasteiger partial charge in [0.05, 0.1) is 0 Å². The number of hydroxylamine groups is 2. The molecule has 146 valence electrons. The molecule has 0 amide bonds. The molecule has 0 saturated heterocycles. The van der Waals surface area contributed by atoms with Gasteiger partial charge in [0.25, 0.3) is 0 Å². The number of anilines is 1. The maximum absolute atomic E-state index is 12.3. The highest BCUT2D eigenvalue weighted by atomic mass is 16.8. The van der Waals surface area contributed by atoms with Crippen molar-refractivity contribution in [2.75, 3.05) is 12.3 Å². The summed E-state index contributed by atoms with van der Waals surface area (Å²) in [7, 11) is 1.17. The van der Waals surface area contributed by atoms with Crippen LogP contribution in [-0.4, -0.2) is 22.7 Å². The van der Waals surface area contributed by atoms with Crippen LogP contribution in [0.2, 0.25) is 0 Å². The third-order valence-electron chi connectivity index (χ3n) is 4.97. The second-order valence-corrected chi connectivity index (χ2v) is 6.91. The van der Waals surface area contributed by atoms with E-state index in [1.807, 2.05) is 54.6 Å². The molecule has 6 heteroatoms. The Balaban J connectivity index is 2.01. The third-order valence-corrected chi connectivity index (χ3v) is 4.97. The van der Waals surface area contributed by atoms with Gasteiger partial charge < -0.3 is 5.21 Å². The van der Waals surface area contributed by atoms with E-state index in [1.165, 1.54) is 7.05 Å². The van der Waals surface area contributed by atoms with Crippen molar-refractivity contribution in [3.8, 4) is 22.3 Å². The predicted molar refractivity (Wildman–Crippen MR) is 114 cm³/mol. The van der Waals surface area contributed by atoms with E-state index in [0.717, 1.165) is 21.9 Å². The topological polar surface area (TPSA) is 87.0 Å². The van der Waals surface area contributed by atoms with Crippen LogP contribution in [0.3, 0.4) is 0 Å². The lowest BCUT2D eigenvalue weighted by atomic mass is 9.91. The minimum absolute atomic E-state index is 0.111. The van der Waals surface area contributed by atoms with Crippen LogP contribution in [0.1, 0.15) is 0 Å². The number of hydrogen-bond acceptors (Lipinski definition) is 5. The van der Waals surface area contributed by atoms with E-state index in [2.05, 4.69) is 0 Å². The average Bonchev–Trinajstić information content (AvgIpc) is 2.72. The fourth-order valence-corrected chi connectivity index (χ4v) is 3.71. The number of rotatable bonds is 4. The van der Waals surface area contributed by atoms with Crippen LogP contribution < -0.4 is 10.0 Å². The fourth-order valence-electron chi connectivity index (χ4n) is 3.71. The van der Waals surface area contributed by atoms with E-state index >= 15 is 0 Å². The summed E-state index contributed by atoms with van der Waals surface area (Å²) in [6.45, 7) is 0. The highest BCUT2D eigenvalue weighted by Crippen LogP contribution is 2.41. The fraction of sp³-hybridized carbons (Fsp3) is 0.0435. The number of fused-ring (bicyclic) bond motifs is 1. The lowest BCUT2D eigenvalue weighted by molar-refractivity contribution is -0.00393. The van der Waals surface area contributed by atoms with Gasteiger partial charge in [0, 0.05) is 17.2 Å². The van der Waals surface area contributed by atoms with E-state index in [9.17, 15) is 20.8 Å². The molecule has 0 aliphatic carbocycles. The number of quaternary nitrogens is 1. The van der Waals surface area contributed by atoms with Gasteiger partial charge in [-0.25, -0.2) is 5.21 Å². The van der Waals surface area contributed by atoms with Crippen LogP contribution in [0, 0.1) is 5.21 Å². The van der Waals surface area contributed by atoms with Crippen LogP contribution in [0.25, 0.3) is 33.0 Å². The summed E-state index contributed by atoms with van der Waals surface area (Å²) in [5.41, 5.74) is 3.40. The molecule has 0 aliphatic rings. The quantitative estimate of drug-likeness (QED) is 0.314. The van der Waals surface area contributed by atoms with Crippen molar-refractivity contribution in [3.05, 3.63) is 90.1 Å². The van der Waals surface area contributed by atoms with Gasteiger partial charge in [-0.1, -0.05) is 66.7 Å². The molecule has 4 aromatic carbocycles. The van der Waals surface area contributed by atoms with Crippen LogP contribution in [0.15, 0.2) is 84.9 Å². The van der Waals surface area contributed by atoms with Crippen molar-refractivity contribution in [3.63, 3.8) is 0 Å². The second-order valence-electron chi connectivity index (χ2n) is 6.91. The minimum Gasteiger partial charge on any atom is -0.593 e. The Morgan fingerprint density at radius 2 is 1.14 bits per heavy atom. The number of benzene rings is 4. The van der Waals surface area contributed by atoms with Crippen molar-refractivity contribution >= 4 is 22.1 Å². The van der Waals surface area contributed by atoms with Gasteiger partial charge in [0.2, 0.25) is 0 Å². The minimum atomic E-state index is -1.53. The first kappa shape index (κ1) is 19.1. The van der Waals surface area contributed by atoms with E-state index in [0.29, 0.717) is 11.1 Å². The molecule has 4 rings (SSSR count). The SMILES string of the molecule is C[N+]([O-])(O)c1ccccc1-c1ccc(-c2ccccc2N(O)O)c2ccccc12. The Kier molecular flexibility index (Phi) is 4.79. The smallest absolute Gasteiger partial charge is 0.173 e. The molecule has 3 N–H and O–H groups in total. The maximum atomic E-state index is 12.3. The van der Waals surface area contributed by atoms with Crippen molar-refractivity contribution in [1.29, 1.82) is 0 Å². The van der Waals surface area contributed by atoms with Gasteiger partial charge in [-0.15, -0.1) is 5.23 Å². The Bertz CT molecular complexity index is 1180. The molecule has 0 aliphatic heterocycles. The summed E-state index contributed by atoms with van der Waals surface area (Å²) in [6, 6.07) is 25.4. The molecule has 4 aromatic rings.